The molecule has 5 rings (SSSR count). The number of hydrogen-bond donors (Lipinski definition) is 2. The van der Waals surface area contributed by atoms with Crippen molar-refractivity contribution in [2.75, 3.05) is 0 Å². The van der Waals surface area contributed by atoms with Gasteiger partial charge in [0.15, 0.2) is 0 Å². The lowest BCUT2D eigenvalue weighted by molar-refractivity contribution is 0.312. The number of H-pyrrole nitrogens is 2. The van der Waals surface area contributed by atoms with Crippen LogP contribution in [0.2, 0.25) is 5.28 Å². The van der Waals surface area contributed by atoms with Gasteiger partial charge in [0, 0.05) is 28.7 Å². The second kappa shape index (κ2) is 7.72. The molecule has 5 heteroatoms. The minimum atomic E-state index is 0.243. The molecule has 0 saturated heterocycles. The summed E-state index contributed by atoms with van der Waals surface area (Å²) in [5.41, 5.74) is 8.96. The summed E-state index contributed by atoms with van der Waals surface area (Å²) in [6.45, 7) is 6.78. The van der Waals surface area contributed by atoms with E-state index in [0.29, 0.717) is 5.41 Å². The van der Waals surface area contributed by atoms with Crippen LogP contribution >= 0.6 is 0 Å². The van der Waals surface area contributed by atoms with Crippen LogP contribution in [0.25, 0.3) is 22.3 Å². The lowest BCUT2D eigenvalue weighted by Crippen LogP contribution is -2.21. The van der Waals surface area contributed by atoms with Gasteiger partial charge >= 0.3 is 0 Å². The molecule has 4 aromatic rings. The number of nitrogens with zero attached hydrogens (tertiary/aromatic N) is 2. The molecule has 0 unspecified atom stereocenters. The van der Waals surface area contributed by atoms with Gasteiger partial charge < -0.3 is 4.98 Å². The molecule has 0 bridgehead atoms. The van der Waals surface area contributed by atoms with Crippen molar-refractivity contribution in [2.24, 2.45) is 5.41 Å². The molecule has 0 aliphatic heterocycles. The Balaban J connectivity index is 1.32. The topological polar surface area (TPSA) is 57.4 Å². The molecule has 4 nitrogen and oxygen atoms in total. The molecule has 0 spiro atoms. The number of fused-ring (bicyclic) bond motifs is 2. The molecule has 1 aromatic carbocycles. The number of benzene rings is 1. The van der Waals surface area contributed by atoms with Crippen molar-refractivity contribution < 1.29 is 0 Å². The van der Waals surface area contributed by atoms with Gasteiger partial charge in [0.2, 0.25) is 0 Å². The summed E-state index contributed by atoms with van der Waals surface area (Å²) in [6.07, 6.45) is 6.42. The fourth-order valence-electron chi connectivity index (χ4n) is 4.50. The average molecular weight is 412 g/mol. The fourth-order valence-corrected chi connectivity index (χ4v) is 5.79. The zero-order valence-corrected chi connectivity index (χ0v) is 19.2. The van der Waals surface area contributed by atoms with Crippen molar-refractivity contribution in [1.29, 1.82) is 0 Å². The summed E-state index contributed by atoms with van der Waals surface area (Å²) in [7, 11) is 0. The molecule has 1 aliphatic rings. The highest BCUT2D eigenvalue weighted by Crippen LogP contribution is 2.38. The van der Waals surface area contributed by atoms with Crippen LogP contribution < -0.4 is 4.43 Å². The lowest BCUT2D eigenvalue weighted by atomic mass is 9.76. The van der Waals surface area contributed by atoms with Gasteiger partial charge in [-0.3, -0.25) is 10.1 Å². The zero-order valence-electron chi connectivity index (χ0n) is 18.0. The van der Waals surface area contributed by atoms with Crippen LogP contribution in [0.4, 0.5) is 0 Å². The maximum absolute atomic E-state index is 4.68. The Morgan fingerprint density at radius 2 is 2.03 bits per heavy atom. The Morgan fingerprint density at radius 3 is 2.87 bits per heavy atom. The predicted octanol–water partition coefficient (Wildman–Crippen LogP) is 4.77. The Kier molecular flexibility index (Phi) is 5.05. The molecule has 151 valence electrons. The summed E-state index contributed by atoms with van der Waals surface area (Å²) in [6, 6.07) is 13.4. The van der Waals surface area contributed by atoms with Gasteiger partial charge in [-0.25, -0.2) is 0 Å². The first-order valence-corrected chi connectivity index (χ1v) is 12.3. The molecule has 30 heavy (non-hydrogen) atoms. The van der Waals surface area contributed by atoms with Crippen LogP contribution in [0.5, 0.6) is 0 Å². The number of aromatic amines is 2. The maximum atomic E-state index is 4.68. The second-order valence-corrected chi connectivity index (χ2v) is 11.1. The lowest BCUT2D eigenvalue weighted by Gasteiger charge is -2.28. The molecule has 2 N–H and O–H groups in total. The van der Waals surface area contributed by atoms with E-state index in [2.05, 4.69) is 77.3 Å². The van der Waals surface area contributed by atoms with E-state index >= 15 is 0 Å². The van der Waals surface area contributed by atoms with Crippen molar-refractivity contribution in [1.82, 2.24) is 20.2 Å². The van der Waals surface area contributed by atoms with Crippen molar-refractivity contribution in [2.45, 2.75) is 51.7 Å². The number of rotatable bonds is 5. The predicted molar refractivity (Wildman–Crippen MR) is 125 cm³/mol. The standard InChI is InChI=1S/C17H18N3.C8H10N.Al/c1-17(2)8-7-12-15(10-17)19-20-16(12)14-9-11-5-3-4-6-13(11)18-14;1-3-8-5-4-7(2)6-9-8;/h3,5-6,9,18H,7-8,10H2,1-2H3,(H,19,20);4-6H,1,3H2,2H3;. The summed E-state index contributed by atoms with van der Waals surface area (Å²) < 4.78 is 1.45. The highest BCUT2D eigenvalue weighted by Gasteiger charge is 2.29. The number of hydrogen-bond acceptors (Lipinski definition) is 2. The van der Waals surface area contributed by atoms with E-state index in [1.165, 1.54) is 49.5 Å². The Labute approximate surface area is 184 Å². The Morgan fingerprint density at radius 1 is 1.13 bits per heavy atom. The van der Waals surface area contributed by atoms with Crippen molar-refractivity contribution in [3.05, 3.63) is 65.1 Å². The van der Waals surface area contributed by atoms with Crippen LogP contribution in [-0.2, 0) is 19.3 Å². The summed E-state index contributed by atoms with van der Waals surface area (Å²) >= 11 is 0.243. The highest BCUT2D eigenvalue weighted by molar-refractivity contribution is 6.53. The van der Waals surface area contributed by atoms with Crippen LogP contribution in [-0.4, -0.2) is 35.4 Å². The second-order valence-electron chi connectivity index (χ2n) is 9.47. The van der Waals surface area contributed by atoms with E-state index in [4.69, 9.17) is 0 Å². The van der Waals surface area contributed by atoms with Crippen LogP contribution in [0.3, 0.4) is 0 Å². The number of aromatic nitrogens is 4. The van der Waals surface area contributed by atoms with Crippen molar-refractivity contribution in [3.63, 3.8) is 0 Å². The van der Waals surface area contributed by atoms with E-state index in [1.807, 2.05) is 6.20 Å². The normalized spacial score (nSPS) is 15.3. The Bertz CT molecular complexity index is 1180. The van der Waals surface area contributed by atoms with Crippen molar-refractivity contribution in [3.8, 4) is 11.4 Å². The molecular weight excluding hydrogens is 383 g/mol. The quantitative estimate of drug-likeness (QED) is 0.465. The monoisotopic (exact) mass is 411 g/mol. The van der Waals surface area contributed by atoms with Crippen LogP contribution in [0, 0.1) is 12.3 Å². The highest BCUT2D eigenvalue weighted by atomic mass is 27.1. The fraction of sp³-hybridized carbons (Fsp3) is 0.360. The van der Waals surface area contributed by atoms with E-state index in [0.717, 1.165) is 30.7 Å². The van der Waals surface area contributed by atoms with Gasteiger partial charge in [-0.2, -0.15) is 5.10 Å². The van der Waals surface area contributed by atoms with E-state index in [-0.39, 0.29) is 15.2 Å². The van der Waals surface area contributed by atoms with Gasteiger partial charge in [-0.15, -0.1) is 4.43 Å². The zero-order chi connectivity index (χ0) is 20.7. The molecule has 1 radical (unpaired) electrons. The SMILES string of the molecule is Cc1ccc(C[CH2][Al][c]2ccc3cc(-c4n[nH]c5c4CCC(C)(C)C5)[nH]c3c2)nc1. The summed E-state index contributed by atoms with van der Waals surface area (Å²) in [5.74, 6) is 0. The largest absolute Gasteiger partial charge is 0.353 e. The molecule has 1 aliphatic carbocycles. The molecule has 0 fully saturated rings. The summed E-state index contributed by atoms with van der Waals surface area (Å²) in [4.78, 5) is 8.17. The smallest absolute Gasteiger partial charge is 0.251 e. The molecular formula is C25H28AlN4. The number of pyridine rings is 1. The van der Waals surface area contributed by atoms with Gasteiger partial charge in [0.05, 0.1) is 5.69 Å². The van der Waals surface area contributed by atoms with Gasteiger partial charge in [-0.1, -0.05) is 43.4 Å². The van der Waals surface area contributed by atoms with Gasteiger partial charge in [0.25, 0.3) is 15.2 Å². The molecule has 3 aromatic heterocycles. The van der Waals surface area contributed by atoms with Crippen LogP contribution in [0.15, 0.2) is 42.6 Å². The minimum absolute atomic E-state index is 0.243. The average Bonchev–Trinajstić information content (AvgIpc) is 3.31. The first-order chi connectivity index (χ1) is 14.5. The third-order valence-corrected chi connectivity index (χ3v) is 7.72. The van der Waals surface area contributed by atoms with E-state index in [1.54, 1.807) is 0 Å². The molecule has 0 atom stereocenters. The van der Waals surface area contributed by atoms with Crippen LogP contribution in [0.1, 0.15) is 42.8 Å². The van der Waals surface area contributed by atoms with Gasteiger partial charge in [-0.05, 0) is 61.1 Å². The van der Waals surface area contributed by atoms with E-state index in [9.17, 15) is 0 Å². The number of aryl methyl sites for hydroxylation is 2. The molecule has 0 saturated carbocycles. The van der Waals surface area contributed by atoms with Crippen molar-refractivity contribution >= 4 is 30.5 Å². The number of nitrogens with one attached hydrogen (secondary N) is 2. The van der Waals surface area contributed by atoms with Gasteiger partial charge in [0.1, 0.15) is 5.69 Å². The minimum Gasteiger partial charge on any atom is -0.353 e. The molecule has 3 heterocycles. The maximum Gasteiger partial charge on any atom is 0.251 e. The third-order valence-electron chi connectivity index (χ3n) is 6.31. The Hall–Kier alpha value is -2.35. The van der Waals surface area contributed by atoms with E-state index < -0.39 is 0 Å². The summed E-state index contributed by atoms with van der Waals surface area (Å²) in [5, 5.41) is 10.5. The first kappa shape index (κ1) is 19.6. The third kappa shape index (κ3) is 3.97. The molecule has 0 amide bonds. The first-order valence-electron chi connectivity index (χ1n) is 10.9.